The van der Waals surface area contributed by atoms with Crippen LogP contribution in [0.3, 0.4) is 0 Å². The third-order valence-corrected chi connectivity index (χ3v) is 13.7. The highest BCUT2D eigenvalue weighted by Gasteiger charge is 2.22. The van der Waals surface area contributed by atoms with Gasteiger partial charge in [0.2, 0.25) is 0 Å². The van der Waals surface area contributed by atoms with E-state index in [1.807, 2.05) is 0 Å². The molecule has 0 atom stereocenters. The number of pyridine rings is 2. The summed E-state index contributed by atoms with van der Waals surface area (Å²) in [5.41, 5.74) is 4.59. The number of hydrogen-bond acceptors (Lipinski definition) is 2. The molecule has 0 spiro atoms. The van der Waals surface area contributed by atoms with Crippen LogP contribution in [0.2, 0.25) is 39.3 Å². The number of benzene rings is 4. The minimum atomic E-state index is -1.51. The molecular formula is C36H38N2Si3. The fourth-order valence-corrected chi connectivity index (χ4v) is 10.5. The minimum Gasteiger partial charge on any atom is -0.256 e. The van der Waals surface area contributed by atoms with Gasteiger partial charge in [0, 0.05) is 34.3 Å². The van der Waals surface area contributed by atoms with Gasteiger partial charge in [-0.15, -0.1) is 0 Å². The summed E-state index contributed by atoms with van der Waals surface area (Å²) in [5, 5.41) is 10.9. The molecule has 0 N–H and O–H groups in total. The summed E-state index contributed by atoms with van der Waals surface area (Å²) in [7, 11) is -3.70. The van der Waals surface area contributed by atoms with E-state index in [0.717, 1.165) is 11.4 Å². The molecule has 0 bridgehead atoms. The van der Waals surface area contributed by atoms with Gasteiger partial charge in [-0.25, -0.2) is 0 Å². The molecule has 0 radical (unpaired) electrons. The molecule has 0 unspecified atom stereocenters. The van der Waals surface area contributed by atoms with Crippen molar-refractivity contribution in [1.29, 1.82) is 0 Å². The summed E-state index contributed by atoms with van der Waals surface area (Å²) in [5.74, 6) is 0. The van der Waals surface area contributed by atoms with Gasteiger partial charge in [0.1, 0.15) is 0 Å². The Hall–Kier alpha value is -3.65. The number of aromatic nitrogens is 2. The van der Waals surface area contributed by atoms with Crippen LogP contribution in [0.15, 0.2) is 109 Å². The first-order valence-corrected chi connectivity index (χ1v) is 23.0. The van der Waals surface area contributed by atoms with Crippen LogP contribution in [0.25, 0.3) is 44.1 Å². The average molecular weight is 583 g/mol. The van der Waals surface area contributed by atoms with Crippen LogP contribution in [0, 0.1) is 0 Å². The van der Waals surface area contributed by atoms with Gasteiger partial charge in [0.15, 0.2) is 0 Å². The number of hydrogen-bond donors (Lipinski definition) is 0. The Kier molecular flexibility index (Phi) is 7.14. The van der Waals surface area contributed by atoms with Crippen molar-refractivity contribution in [3.05, 3.63) is 109 Å². The molecule has 6 rings (SSSR count). The zero-order valence-corrected chi connectivity index (χ0v) is 28.4. The molecule has 0 aliphatic heterocycles. The van der Waals surface area contributed by atoms with Gasteiger partial charge in [-0.05, 0) is 21.1 Å². The van der Waals surface area contributed by atoms with Crippen molar-refractivity contribution in [3.63, 3.8) is 0 Å². The highest BCUT2D eigenvalue weighted by molar-refractivity contribution is 6.90. The van der Waals surface area contributed by atoms with E-state index in [4.69, 9.17) is 9.97 Å². The fraction of sp³-hybridized carbons (Fsp3) is 0.167. The lowest BCUT2D eigenvalue weighted by atomic mass is 10.0. The first-order valence-electron chi connectivity index (χ1n) is 14.5. The second-order valence-electron chi connectivity index (χ2n) is 13.2. The number of rotatable bonds is 6. The van der Waals surface area contributed by atoms with Crippen LogP contribution in [0.1, 0.15) is 0 Å². The maximum atomic E-state index is 5.04. The van der Waals surface area contributed by atoms with Crippen molar-refractivity contribution in [2.24, 2.45) is 0 Å². The molecule has 0 aliphatic carbocycles. The van der Waals surface area contributed by atoms with Crippen molar-refractivity contribution in [2.75, 3.05) is 0 Å². The summed E-state index contributed by atoms with van der Waals surface area (Å²) < 4.78 is 0. The Bertz CT molecular complexity index is 1760. The third kappa shape index (κ3) is 5.49. The van der Waals surface area contributed by atoms with E-state index in [9.17, 15) is 0 Å². The molecule has 0 aliphatic rings. The molecule has 0 amide bonds. The summed E-state index contributed by atoms with van der Waals surface area (Å²) in [6.45, 7) is 14.4. The quantitative estimate of drug-likeness (QED) is 0.215. The lowest BCUT2D eigenvalue weighted by Crippen LogP contribution is -2.38. The molecular weight excluding hydrogens is 545 g/mol. The first kappa shape index (κ1) is 27.5. The van der Waals surface area contributed by atoms with Crippen molar-refractivity contribution in [3.8, 4) is 22.5 Å². The minimum absolute atomic E-state index is 0.692. The molecule has 5 heteroatoms. The molecule has 2 nitrogen and oxygen atoms in total. The van der Waals surface area contributed by atoms with Crippen molar-refractivity contribution in [2.45, 2.75) is 39.3 Å². The molecule has 2 heterocycles. The second-order valence-corrected chi connectivity index (χ2v) is 25.3. The Morgan fingerprint density at radius 2 is 0.854 bits per heavy atom. The third-order valence-electron chi connectivity index (χ3n) is 8.02. The maximum absolute atomic E-state index is 5.04. The molecule has 2 aromatic heterocycles. The topological polar surface area (TPSA) is 25.8 Å². The van der Waals surface area contributed by atoms with E-state index in [2.05, 4.69) is 149 Å². The molecule has 4 aromatic carbocycles. The van der Waals surface area contributed by atoms with E-state index in [1.54, 1.807) is 0 Å². The summed E-state index contributed by atoms with van der Waals surface area (Å²) in [4.78, 5) is 10.1. The van der Waals surface area contributed by atoms with Crippen LogP contribution < -0.4 is 20.7 Å². The second kappa shape index (κ2) is 10.6. The van der Waals surface area contributed by atoms with E-state index < -0.39 is 25.7 Å². The van der Waals surface area contributed by atoms with Crippen molar-refractivity contribution in [1.82, 2.24) is 9.97 Å². The van der Waals surface area contributed by atoms with Crippen LogP contribution >= 0.6 is 0 Å². The van der Waals surface area contributed by atoms with Crippen LogP contribution in [-0.2, 0) is 0 Å². The molecule has 0 fully saturated rings. The van der Waals surface area contributed by atoms with Gasteiger partial charge in [-0.3, -0.25) is 9.97 Å². The predicted molar refractivity (Wildman–Crippen MR) is 188 cm³/mol. The summed E-state index contributed by atoms with van der Waals surface area (Å²) >= 11 is 0. The Morgan fingerprint density at radius 3 is 1.24 bits per heavy atom. The van der Waals surface area contributed by atoms with E-state index in [-0.39, 0.29) is 0 Å². The number of nitrogens with zero attached hydrogens (tertiary/aromatic N) is 2. The van der Waals surface area contributed by atoms with Gasteiger partial charge >= 0.3 is 0 Å². The standard InChI is InChI=1S/C36H38N2Si3/c1-40(2,3)33-23-37-35(31-19-9-7-17-29(31)33)25-13-11-15-27(21-25)39-28-16-12-14-26(22-28)36-32-20-10-8-18-30(32)34(24-38-36)41(4,5)6/h7-24H,39H2,1-6H3. The summed E-state index contributed by atoms with van der Waals surface area (Å²) in [6.07, 6.45) is 4.28. The molecule has 6 aromatic rings. The normalized spacial score (nSPS) is 12.2. The van der Waals surface area contributed by atoms with Gasteiger partial charge in [-0.2, -0.15) is 0 Å². The van der Waals surface area contributed by atoms with Gasteiger partial charge < -0.3 is 0 Å². The zero-order chi connectivity index (χ0) is 28.8. The van der Waals surface area contributed by atoms with Gasteiger partial charge in [0.25, 0.3) is 0 Å². The smallest absolute Gasteiger partial charge is 0.0875 e. The molecule has 0 saturated heterocycles. The highest BCUT2D eigenvalue weighted by Crippen LogP contribution is 2.28. The maximum Gasteiger partial charge on any atom is 0.0875 e. The van der Waals surface area contributed by atoms with Crippen LogP contribution in [-0.4, -0.2) is 35.6 Å². The average Bonchev–Trinajstić information content (AvgIpc) is 2.95. The zero-order valence-electron chi connectivity index (χ0n) is 25.0. The Labute approximate surface area is 248 Å². The lowest BCUT2D eigenvalue weighted by molar-refractivity contribution is 1.37. The first-order chi connectivity index (χ1) is 19.6. The van der Waals surface area contributed by atoms with E-state index in [1.165, 1.54) is 53.4 Å². The van der Waals surface area contributed by atoms with Crippen molar-refractivity contribution < 1.29 is 0 Å². The predicted octanol–water partition coefficient (Wildman–Crippen LogP) is 6.33. The van der Waals surface area contributed by atoms with Gasteiger partial charge in [0.05, 0.1) is 37.1 Å². The largest absolute Gasteiger partial charge is 0.256 e. The SMILES string of the molecule is C[Si](C)(C)c1cnc(-c2cccc([SiH2]c3cccc(-c4ncc([Si](C)(C)C)c5ccccc45)c3)c2)c2ccccc12. The van der Waals surface area contributed by atoms with Crippen LogP contribution in [0.4, 0.5) is 0 Å². The van der Waals surface area contributed by atoms with Gasteiger partial charge in [-0.1, -0.05) is 147 Å². The van der Waals surface area contributed by atoms with E-state index in [0.29, 0.717) is 0 Å². The Morgan fingerprint density at radius 1 is 0.463 bits per heavy atom. The molecule has 204 valence electrons. The number of fused-ring (bicyclic) bond motifs is 2. The van der Waals surface area contributed by atoms with Crippen LogP contribution in [0.5, 0.6) is 0 Å². The van der Waals surface area contributed by atoms with E-state index >= 15 is 0 Å². The molecule has 41 heavy (non-hydrogen) atoms. The Balaban J connectivity index is 1.36. The summed E-state index contributed by atoms with van der Waals surface area (Å²) in [6, 6.07) is 35.8. The van der Waals surface area contributed by atoms with Crippen molar-refractivity contribution >= 4 is 68.0 Å². The highest BCUT2D eigenvalue weighted by atomic mass is 28.3. The molecule has 0 saturated carbocycles. The fourth-order valence-electron chi connectivity index (χ4n) is 5.93. The monoisotopic (exact) mass is 582 g/mol. The lowest BCUT2D eigenvalue weighted by Gasteiger charge is -2.20.